The molecule has 2 fully saturated rings. The molecule has 1 nitrogen and oxygen atoms in total. The molecule has 0 spiro atoms. The van der Waals surface area contributed by atoms with E-state index in [-0.39, 0.29) is 0 Å². The normalized spacial score (nSPS) is 32.7. The highest BCUT2D eigenvalue weighted by Crippen LogP contribution is 2.40. The maximum Gasteiger partial charge on any atom is 0.122 e. The standard InChI is InChI=1S/C21H32O/c1-15-4-7-18(8-5-15)19-9-11-20(12-10-19)22-21-13-6-16(2)14-17(21)3/h6,13-15,18-20H,4-5,7-12H2,1-3H3. The maximum absolute atomic E-state index is 6.29. The fraction of sp³-hybridized carbons (Fsp3) is 0.714. The summed E-state index contributed by atoms with van der Waals surface area (Å²) in [5, 5.41) is 0. The van der Waals surface area contributed by atoms with Crippen LogP contribution in [0.1, 0.15) is 69.4 Å². The van der Waals surface area contributed by atoms with Crippen LogP contribution in [0.15, 0.2) is 18.2 Å². The van der Waals surface area contributed by atoms with Gasteiger partial charge in [0.1, 0.15) is 5.75 Å². The van der Waals surface area contributed by atoms with Crippen molar-refractivity contribution >= 4 is 0 Å². The Bertz CT molecular complexity index is 477. The molecule has 2 saturated carbocycles. The van der Waals surface area contributed by atoms with Crippen LogP contribution in [0.3, 0.4) is 0 Å². The van der Waals surface area contributed by atoms with Gasteiger partial charge in [0.05, 0.1) is 6.10 Å². The van der Waals surface area contributed by atoms with Gasteiger partial charge in [-0.3, -0.25) is 0 Å². The van der Waals surface area contributed by atoms with Crippen molar-refractivity contribution in [2.45, 2.75) is 78.2 Å². The predicted octanol–water partition coefficient (Wildman–Crippen LogP) is 6.07. The van der Waals surface area contributed by atoms with Gasteiger partial charge in [-0.1, -0.05) is 37.5 Å². The van der Waals surface area contributed by atoms with Gasteiger partial charge in [0, 0.05) is 0 Å². The second-order valence-electron chi connectivity index (χ2n) is 7.94. The van der Waals surface area contributed by atoms with Crippen molar-refractivity contribution in [1.29, 1.82) is 0 Å². The molecule has 0 bridgehead atoms. The van der Waals surface area contributed by atoms with Gasteiger partial charge in [0.25, 0.3) is 0 Å². The summed E-state index contributed by atoms with van der Waals surface area (Å²) in [6.07, 6.45) is 11.6. The summed E-state index contributed by atoms with van der Waals surface area (Å²) in [6, 6.07) is 6.54. The number of benzene rings is 1. The molecule has 0 N–H and O–H groups in total. The lowest BCUT2D eigenvalue weighted by Crippen LogP contribution is -2.29. The number of aryl methyl sites for hydroxylation is 2. The molecule has 0 atom stereocenters. The third-order valence-electron chi connectivity index (χ3n) is 6.07. The van der Waals surface area contributed by atoms with Gasteiger partial charge in [0.2, 0.25) is 0 Å². The summed E-state index contributed by atoms with van der Waals surface area (Å²) in [5.74, 6) is 4.06. The first-order valence-corrected chi connectivity index (χ1v) is 9.35. The molecule has 0 radical (unpaired) electrons. The highest BCUT2D eigenvalue weighted by molar-refractivity contribution is 5.35. The summed E-state index contributed by atoms with van der Waals surface area (Å²) in [7, 11) is 0. The van der Waals surface area contributed by atoms with Crippen LogP contribution < -0.4 is 4.74 Å². The molecule has 0 aliphatic heterocycles. The molecule has 0 saturated heterocycles. The molecule has 0 heterocycles. The van der Waals surface area contributed by atoms with Crippen molar-refractivity contribution in [2.24, 2.45) is 17.8 Å². The first kappa shape index (κ1) is 15.9. The topological polar surface area (TPSA) is 9.23 Å². The van der Waals surface area contributed by atoms with Crippen LogP contribution in [0.5, 0.6) is 5.75 Å². The fourth-order valence-corrected chi connectivity index (χ4v) is 4.55. The van der Waals surface area contributed by atoms with Crippen molar-refractivity contribution in [2.75, 3.05) is 0 Å². The molecule has 1 aromatic carbocycles. The third-order valence-corrected chi connectivity index (χ3v) is 6.07. The molecule has 0 unspecified atom stereocenters. The largest absolute Gasteiger partial charge is 0.490 e. The Morgan fingerprint density at radius 2 is 1.41 bits per heavy atom. The van der Waals surface area contributed by atoms with E-state index in [2.05, 4.69) is 39.0 Å². The summed E-state index contributed by atoms with van der Waals surface area (Å²) >= 11 is 0. The van der Waals surface area contributed by atoms with Crippen LogP contribution in [0.2, 0.25) is 0 Å². The van der Waals surface area contributed by atoms with Gasteiger partial charge in [-0.05, 0) is 81.8 Å². The highest BCUT2D eigenvalue weighted by atomic mass is 16.5. The summed E-state index contributed by atoms with van der Waals surface area (Å²) in [4.78, 5) is 0. The maximum atomic E-state index is 6.29. The summed E-state index contributed by atoms with van der Waals surface area (Å²) in [5.41, 5.74) is 2.60. The monoisotopic (exact) mass is 300 g/mol. The van der Waals surface area contributed by atoms with Crippen LogP contribution in [-0.4, -0.2) is 6.10 Å². The van der Waals surface area contributed by atoms with E-state index >= 15 is 0 Å². The SMILES string of the molecule is Cc1ccc(OC2CCC(C3CCC(C)CC3)CC2)c(C)c1. The van der Waals surface area contributed by atoms with E-state index in [9.17, 15) is 0 Å². The van der Waals surface area contributed by atoms with E-state index in [0.717, 1.165) is 23.5 Å². The molecular formula is C21H32O. The van der Waals surface area contributed by atoms with E-state index < -0.39 is 0 Å². The van der Waals surface area contributed by atoms with Gasteiger partial charge in [0.15, 0.2) is 0 Å². The Labute approximate surface area is 136 Å². The summed E-state index contributed by atoms with van der Waals surface area (Å²) in [6.45, 7) is 6.73. The van der Waals surface area contributed by atoms with Crippen LogP contribution in [-0.2, 0) is 0 Å². The lowest BCUT2D eigenvalue weighted by Gasteiger charge is -2.37. The molecule has 22 heavy (non-hydrogen) atoms. The lowest BCUT2D eigenvalue weighted by molar-refractivity contribution is 0.0932. The van der Waals surface area contributed by atoms with Crippen LogP contribution in [0.25, 0.3) is 0 Å². The van der Waals surface area contributed by atoms with E-state index in [1.807, 2.05) is 0 Å². The van der Waals surface area contributed by atoms with E-state index in [1.54, 1.807) is 0 Å². The predicted molar refractivity (Wildman–Crippen MR) is 93.4 cm³/mol. The van der Waals surface area contributed by atoms with Gasteiger partial charge < -0.3 is 4.74 Å². The first-order valence-electron chi connectivity index (χ1n) is 9.35. The Hall–Kier alpha value is -0.980. The highest BCUT2D eigenvalue weighted by Gasteiger charge is 2.30. The average molecular weight is 300 g/mol. The zero-order chi connectivity index (χ0) is 15.5. The number of rotatable bonds is 3. The zero-order valence-electron chi connectivity index (χ0n) is 14.6. The molecule has 0 aromatic heterocycles. The summed E-state index contributed by atoms with van der Waals surface area (Å²) < 4.78 is 6.29. The van der Waals surface area contributed by atoms with E-state index in [4.69, 9.17) is 4.74 Å². The Kier molecular flexibility index (Phi) is 5.10. The number of hydrogen-bond acceptors (Lipinski definition) is 1. The molecule has 3 rings (SSSR count). The minimum atomic E-state index is 0.445. The Morgan fingerprint density at radius 1 is 0.818 bits per heavy atom. The zero-order valence-corrected chi connectivity index (χ0v) is 14.6. The molecule has 122 valence electrons. The Morgan fingerprint density at radius 3 is 2.00 bits per heavy atom. The Balaban J connectivity index is 1.49. The van der Waals surface area contributed by atoms with Gasteiger partial charge in [-0.25, -0.2) is 0 Å². The second kappa shape index (κ2) is 7.06. The van der Waals surface area contributed by atoms with Crippen molar-refractivity contribution in [3.05, 3.63) is 29.3 Å². The van der Waals surface area contributed by atoms with Crippen molar-refractivity contribution in [1.82, 2.24) is 0 Å². The quantitative estimate of drug-likeness (QED) is 0.658. The fourth-order valence-electron chi connectivity index (χ4n) is 4.55. The average Bonchev–Trinajstić information content (AvgIpc) is 2.52. The molecular weight excluding hydrogens is 268 g/mol. The molecule has 1 aromatic rings. The van der Waals surface area contributed by atoms with E-state index in [1.165, 1.54) is 62.5 Å². The molecule has 2 aliphatic carbocycles. The minimum absolute atomic E-state index is 0.445. The van der Waals surface area contributed by atoms with Crippen molar-refractivity contribution in [3.63, 3.8) is 0 Å². The molecule has 0 amide bonds. The lowest BCUT2D eigenvalue weighted by atomic mass is 9.71. The minimum Gasteiger partial charge on any atom is -0.490 e. The van der Waals surface area contributed by atoms with Gasteiger partial charge in [-0.15, -0.1) is 0 Å². The van der Waals surface area contributed by atoms with Crippen molar-refractivity contribution < 1.29 is 4.74 Å². The third kappa shape index (κ3) is 3.86. The van der Waals surface area contributed by atoms with Crippen LogP contribution >= 0.6 is 0 Å². The van der Waals surface area contributed by atoms with Gasteiger partial charge >= 0.3 is 0 Å². The van der Waals surface area contributed by atoms with E-state index in [0.29, 0.717) is 6.10 Å². The van der Waals surface area contributed by atoms with Crippen molar-refractivity contribution in [3.8, 4) is 5.75 Å². The van der Waals surface area contributed by atoms with Crippen LogP contribution in [0.4, 0.5) is 0 Å². The molecule has 2 aliphatic rings. The smallest absolute Gasteiger partial charge is 0.122 e. The van der Waals surface area contributed by atoms with Crippen LogP contribution in [0, 0.1) is 31.6 Å². The molecule has 1 heteroatoms. The second-order valence-corrected chi connectivity index (χ2v) is 7.94. The van der Waals surface area contributed by atoms with Gasteiger partial charge in [-0.2, -0.15) is 0 Å². The first-order chi connectivity index (χ1) is 10.6. The number of hydrogen-bond donors (Lipinski definition) is 0. The number of ether oxygens (including phenoxy) is 1.